The molecular formula is C10H11F2NO2. The normalized spacial score (nSPS) is 12.3. The third kappa shape index (κ3) is 3.28. The first kappa shape index (κ1) is 11.6. The lowest BCUT2D eigenvalue weighted by Gasteiger charge is -2.07. The Morgan fingerprint density at radius 2 is 2.20 bits per heavy atom. The molecule has 0 heterocycles. The van der Waals surface area contributed by atoms with E-state index in [0.717, 1.165) is 12.1 Å². The van der Waals surface area contributed by atoms with Crippen molar-refractivity contribution in [2.75, 3.05) is 0 Å². The maximum absolute atomic E-state index is 13.0. The molecule has 0 aromatic heterocycles. The van der Waals surface area contributed by atoms with Gasteiger partial charge in [0.25, 0.3) is 0 Å². The zero-order chi connectivity index (χ0) is 11.4. The highest BCUT2D eigenvalue weighted by atomic mass is 19.1. The minimum Gasteiger partial charge on any atom is -0.460 e. The van der Waals surface area contributed by atoms with Crippen LogP contribution in [0.3, 0.4) is 0 Å². The molecule has 15 heavy (non-hydrogen) atoms. The Hall–Kier alpha value is -1.49. The van der Waals surface area contributed by atoms with E-state index in [0.29, 0.717) is 0 Å². The highest BCUT2D eigenvalue weighted by molar-refractivity contribution is 5.74. The van der Waals surface area contributed by atoms with Gasteiger partial charge in [-0.3, -0.25) is 4.79 Å². The smallest absolute Gasteiger partial charge is 0.322 e. The monoisotopic (exact) mass is 215 g/mol. The molecule has 1 unspecified atom stereocenters. The molecule has 1 atom stereocenters. The average molecular weight is 215 g/mol. The van der Waals surface area contributed by atoms with Gasteiger partial charge < -0.3 is 10.5 Å². The van der Waals surface area contributed by atoms with Crippen LogP contribution in [0.5, 0.6) is 0 Å². The van der Waals surface area contributed by atoms with Crippen molar-refractivity contribution in [3.05, 3.63) is 35.4 Å². The van der Waals surface area contributed by atoms with Crippen LogP contribution in [0.25, 0.3) is 0 Å². The Labute approximate surface area is 85.8 Å². The Bertz CT molecular complexity index is 366. The predicted octanol–water partition coefficient (Wildman–Crippen LogP) is 1.36. The Morgan fingerprint density at radius 3 is 2.73 bits per heavy atom. The summed E-state index contributed by atoms with van der Waals surface area (Å²) in [4.78, 5) is 11.0. The van der Waals surface area contributed by atoms with Crippen molar-refractivity contribution in [3.63, 3.8) is 0 Å². The van der Waals surface area contributed by atoms with Crippen LogP contribution in [0, 0.1) is 11.6 Å². The van der Waals surface area contributed by atoms with E-state index in [2.05, 4.69) is 4.74 Å². The lowest BCUT2D eigenvalue weighted by Crippen LogP contribution is -2.28. The Morgan fingerprint density at radius 1 is 1.53 bits per heavy atom. The number of halogens is 2. The van der Waals surface area contributed by atoms with Gasteiger partial charge >= 0.3 is 5.97 Å². The van der Waals surface area contributed by atoms with Gasteiger partial charge in [0.2, 0.25) is 0 Å². The first-order chi connectivity index (χ1) is 7.00. The van der Waals surface area contributed by atoms with E-state index in [-0.39, 0.29) is 12.2 Å². The van der Waals surface area contributed by atoms with Crippen molar-refractivity contribution >= 4 is 5.97 Å². The second-order valence-electron chi connectivity index (χ2n) is 3.13. The molecule has 3 nitrogen and oxygen atoms in total. The molecule has 0 amide bonds. The number of hydrogen-bond acceptors (Lipinski definition) is 3. The summed E-state index contributed by atoms with van der Waals surface area (Å²) < 4.78 is 30.2. The van der Waals surface area contributed by atoms with Gasteiger partial charge in [-0.05, 0) is 19.1 Å². The summed E-state index contributed by atoms with van der Waals surface area (Å²) in [6.45, 7) is 1.22. The highest BCUT2D eigenvalue weighted by Crippen LogP contribution is 2.10. The van der Waals surface area contributed by atoms with Crippen molar-refractivity contribution in [2.24, 2.45) is 5.73 Å². The molecule has 0 aliphatic heterocycles. The van der Waals surface area contributed by atoms with Crippen LogP contribution in [0.1, 0.15) is 12.5 Å². The van der Waals surface area contributed by atoms with E-state index in [4.69, 9.17) is 5.73 Å². The summed E-state index contributed by atoms with van der Waals surface area (Å²) in [5.41, 5.74) is 5.35. The average Bonchev–Trinajstić information content (AvgIpc) is 2.15. The molecule has 0 aliphatic rings. The zero-order valence-corrected chi connectivity index (χ0v) is 8.17. The molecule has 0 saturated carbocycles. The van der Waals surface area contributed by atoms with Crippen molar-refractivity contribution < 1.29 is 18.3 Å². The van der Waals surface area contributed by atoms with Gasteiger partial charge in [0, 0.05) is 11.6 Å². The van der Waals surface area contributed by atoms with E-state index in [1.54, 1.807) is 0 Å². The number of ether oxygens (including phenoxy) is 1. The summed E-state index contributed by atoms with van der Waals surface area (Å²) in [5, 5.41) is 0. The van der Waals surface area contributed by atoms with Gasteiger partial charge in [-0.1, -0.05) is 0 Å². The molecule has 0 aliphatic carbocycles. The van der Waals surface area contributed by atoms with Crippen molar-refractivity contribution in [3.8, 4) is 0 Å². The van der Waals surface area contributed by atoms with Crippen LogP contribution in [0.15, 0.2) is 18.2 Å². The Kier molecular flexibility index (Phi) is 3.74. The van der Waals surface area contributed by atoms with Gasteiger partial charge in [0.05, 0.1) is 0 Å². The molecule has 0 saturated heterocycles. The zero-order valence-electron chi connectivity index (χ0n) is 8.17. The van der Waals surface area contributed by atoms with Crippen molar-refractivity contribution in [1.82, 2.24) is 0 Å². The molecule has 1 rings (SSSR count). The lowest BCUT2D eigenvalue weighted by molar-refractivity contribution is -0.146. The van der Waals surface area contributed by atoms with E-state index in [9.17, 15) is 13.6 Å². The number of rotatable bonds is 3. The fraction of sp³-hybridized carbons (Fsp3) is 0.300. The first-order valence-electron chi connectivity index (χ1n) is 4.37. The number of hydrogen-bond donors (Lipinski definition) is 1. The van der Waals surface area contributed by atoms with Crippen LogP contribution in [0.2, 0.25) is 0 Å². The predicted molar refractivity (Wildman–Crippen MR) is 49.8 cm³/mol. The van der Waals surface area contributed by atoms with Crippen molar-refractivity contribution in [1.29, 1.82) is 0 Å². The standard InChI is InChI=1S/C10H11F2NO2/c1-6(13)10(14)15-5-7-2-3-8(11)4-9(7)12/h2-4,6H,5,13H2,1H3. The van der Waals surface area contributed by atoms with Gasteiger partial charge in [0.1, 0.15) is 24.3 Å². The summed E-state index contributed by atoms with van der Waals surface area (Å²) in [7, 11) is 0. The molecule has 82 valence electrons. The summed E-state index contributed by atoms with van der Waals surface area (Å²) in [6, 6.07) is 2.29. The fourth-order valence-corrected chi connectivity index (χ4v) is 0.919. The molecule has 0 bridgehead atoms. The maximum atomic E-state index is 13.0. The summed E-state index contributed by atoms with van der Waals surface area (Å²) in [6.07, 6.45) is 0. The van der Waals surface area contributed by atoms with Gasteiger partial charge in [-0.15, -0.1) is 0 Å². The second kappa shape index (κ2) is 4.84. The van der Waals surface area contributed by atoms with Crippen molar-refractivity contribution in [2.45, 2.75) is 19.6 Å². The minimum absolute atomic E-state index is 0.116. The van der Waals surface area contributed by atoms with E-state index >= 15 is 0 Å². The summed E-state index contributed by atoms with van der Waals surface area (Å²) >= 11 is 0. The summed E-state index contributed by atoms with van der Waals surface area (Å²) in [5.74, 6) is -2.04. The van der Waals surface area contributed by atoms with E-state index in [1.165, 1.54) is 13.0 Å². The number of esters is 1. The third-order valence-electron chi connectivity index (χ3n) is 1.76. The molecule has 1 aromatic carbocycles. The number of carbonyl (C=O) groups excluding carboxylic acids is 1. The third-order valence-corrected chi connectivity index (χ3v) is 1.76. The van der Waals surface area contributed by atoms with Crippen LogP contribution >= 0.6 is 0 Å². The highest BCUT2D eigenvalue weighted by Gasteiger charge is 2.10. The minimum atomic E-state index is -0.756. The number of benzene rings is 1. The van der Waals surface area contributed by atoms with Crippen LogP contribution < -0.4 is 5.73 Å². The van der Waals surface area contributed by atoms with E-state index < -0.39 is 23.6 Å². The number of carbonyl (C=O) groups is 1. The molecule has 0 fully saturated rings. The van der Waals surface area contributed by atoms with Crippen LogP contribution in [-0.2, 0) is 16.1 Å². The second-order valence-corrected chi connectivity index (χ2v) is 3.13. The van der Waals surface area contributed by atoms with Crippen LogP contribution in [0.4, 0.5) is 8.78 Å². The first-order valence-corrected chi connectivity index (χ1v) is 4.37. The van der Waals surface area contributed by atoms with Gasteiger partial charge in [0.15, 0.2) is 0 Å². The van der Waals surface area contributed by atoms with Crippen LogP contribution in [-0.4, -0.2) is 12.0 Å². The molecule has 0 spiro atoms. The molecule has 5 heteroatoms. The molecule has 2 N–H and O–H groups in total. The molecule has 1 aromatic rings. The topological polar surface area (TPSA) is 52.3 Å². The molecule has 0 radical (unpaired) electrons. The van der Waals surface area contributed by atoms with Gasteiger partial charge in [-0.25, -0.2) is 8.78 Å². The number of nitrogens with two attached hydrogens (primary N) is 1. The molecular weight excluding hydrogens is 204 g/mol. The maximum Gasteiger partial charge on any atom is 0.322 e. The fourth-order valence-electron chi connectivity index (χ4n) is 0.919. The quantitative estimate of drug-likeness (QED) is 0.774. The SMILES string of the molecule is CC(N)C(=O)OCc1ccc(F)cc1F. The van der Waals surface area contributed by atoms with Gasteiger partial charge in [-0.2, -0.15) is 0 Å². The largest absolute Gasteiger partial charge is 0.460 e. The Balaban J connectivity index is 2.62. The lowest BCUT2D eigenvalue weighted by atomic mass is 10.2. The van der Waals surface area contributed by atoms with E-state index in [1.807, 2.05) is 0 Å².